The zero-order chi connectivity index (χ0) is 23.7. The molecule has 1 aromatic carbocycles. The maximum Gasteiger partial charge on any atom is 0.330 e. The SMILES string of the molecule is CCOC[C@@H]1[C@@H](/C=C/C(C)=C/C(=O)OCC)[C@]1(C)c1ccc2c(c1)C(C)(C)CCC2(C)C. The Morgan fingerprint density at radius 3 is 2.31 bits per heavy atom. The molecule has 3 heteroatoms. The van der Waals surface area contributed by atoms with E-state index in [2.05, 4.69) is 71.9 Å². The molecule has 0 bridgehead atoms. The minimum Gasteiger partial charge on any atom is -0.463 e. The fourth-order valence-electron chi connectivity index (χ4n) is 5.50. The first-order chi connectivity index (χ1) is 15.0. The first kappa shape index (κ1) is 24.8. The quantitative estimate of drug-likeness (QED) is 0.259. The van der Waals surface area contributed by atoms with Crippen LogP contribution in [0.3, 0.4) is 0 Å². The Kier molecular flexibility index (Phi) is 7.10. The van der Waals surface area contributed by atoms with Crippen LogP contribution in [0.1, 0.15) is 84.9 Å². The third-order valence-corrected chi connectivity index (χ3v) is 7.96. The molecule has 3 atom stereocenters. The van der Waals surface area contributed by atoms with E-state index in [0.717, 1.165) is 18.8 Å². The van der Waals surface area contributed by atoms with Crippen molar-refractivity contribution in [1.29, 1.82) is 0 Å². The van der Waals surface area contributed by atoms with E-state index in [1.807, 2.05) is 13.8 Å². The molecule has 0 aliphatic heterocycles. The summed E-state index contributed by atoms with van der Waals surface area (Å²) < 4.78 is 10.9. The van der Waals surface area contributed by atoms with E-state index < -0.39 is 0 Å². The van der Waals surface area contributed by atoms with Crippen molar-refractivity contribution in [1.82, 2.24) is 0 Å². The molecule has 1 aromatic rings. The molecule has 3 nitrogen and oxygen atoms in total. The van der Waals surface area contributed by atoms with Gasteiger partial charge in [-0.3, -0.25) is 0 Å². The van der Waals surface area contributed by atoms with E-state index in [4.69, 9.17) is 9.47 Å². The second kappa shape index (κ2) is 9.17. The predicted octanol–water partition coefficient (Wildman–Crippen LogP) is 6.64. The molecule has 0 radical (unpaired) electrons. The summed E-state index contributed by atoms with van der Waals surface area (Å²) in [5.41, 5.74) is 5.81. The molecular formula is C29H42O3. The van der Waals surface area contributed by atoms with Gasteiger partial charge in [0.15, 0.2) is 0 Å². The fourth-order valence-corrected chi connectivity index (χ4v) is 5.50. The van der Waals surface area contributed by atoms with Crippen LogP contribution in [0.25, 0.3) is 0 Å². The summed E-state index contributed by atoms with van der Waals surface area (Å²) in [6.07, 6.45) is 8.35. The monoisotopic (exact) mass is 438 g/mol. The molecule has 1 fully saturated rings. The highest BCUT2D eigenvalue weighted by molar-refractivity contribution is 5.83. The molecule has 176 valence electrons. The predicted molar refractivity (Wildman–Crippen MR) is 132 cm³/mol. The van der Waals surface area contributed by atoms with E-state index in [0.29, 0.717) is 18.4 Å². The summed E-state index contributed by atoms with van der Waals surface area (Å²) in [5.74, 6) is 0.544. The largest absolute Gasteiger partial charge is 0.463 e. The Labute approximate surface area is 195 Å². The second-order valence-electron chi connectivity index (χ2n) is 11.1. The Morgan fingerprint density at radius 2 is 1.69 bits per heavy atom. The molecule has 0 spiro atoms. The highest BCUT2D eigenvalue weighted by atomic mass is 16.5. The van der Waals surface area contributed by atoms with Crippen LogP contribution < -0.4 is 0 Å². The van der Waals surface area contributed by atoms with Gasteiger partial charge in [0.25, 0.3) is 0 Å². The van der Waals surface area contributed by atoms with E-state index in [1.54, 1.807) is 6.08 Å². The molecule has 32 heavy (non-hydrogen) atoms. The summed E-state index contributed by atoms with van der Waals surface area (Å²) in [5, 5.41) is 0. The average Bonchev–Trinajstić information content (AvgIpc) is 3.32. The lowest BCUT2D eigenvalue weighted by Crippen LogP contribution is -2.34. The van der Waals surface area contributed by atoms with Gasteiger partial charge in [0.05, 0.1) is 13.2 Å². The lowest BCUT2D eigenvalue weighted by molar-refractivity contribution is -0.137. The van der Waals surface area contributed by atoms with Gasteiger partial charge in [0.2, 0.25) is 0 Å². The lowest BCUT2D eigenvalue weighted by Gasteiger charge is -2.42. The van der Waals surface area contributed by atoms with Crippen LogP contribution in [0, 0.1) is 11.8 Å². The van der Waals surface area contributed by atoms with Gasteiger partial charge >= 0.3 is 5.97 Å². The van der Waals surface area contributed by atoms with Gasteiger partial charge in [-0.15, -0.1) is 0 Å². The number of hydrogen-bond acceptors (Lipinski definition) is 3. The summed E-state index contributed by atoms with van der Waals surface area (Å²) in [6, 6.07) is 7.24. The molecule has 3 rings (SSSR count). The second-order valence-corrected chi connectivity index (χ2v) is 11.1. The van der Waals surface area contributed by atoms with Crippen LogP contribution in [0.5, 0.6) is 0 Å². The van der Waals surface area contributed by atoms with E-state index >= 15 is 0 Å². The number of ether oxygens (including phenoxy) is 2. The van der Waals surface area contributed by atoms with Gasteiger partial charge in [-0.05, 0) is 78.5 Å². The Bertz CT molecular complexity index is 905. The fraction of sp³-hybridized carbons (Fsp3) is 0.621. The van der Waals surface area contributed by atoms with E-state index in [1.165, 1.54) is 29.5 Å². The molecular weight excluding hydrogens is 396 g/mol. The number of carbonyl (C=O) groups is 1. The zero-order valence-electron chi connectivity index (χ0n) is 21.4. The number of hydrogen-bond donors (Lipinski definition) is 0. The van der Waals surface area contributed by atoms with Crippen LogP contribution in [-0.4, -0.2) is 25.8 Å². The van der Waals surface area contributed by atoms with Crippen molar-refractivity contribution in [3.63, 3.8) is 0 Å². The minimum atomic E-state index is -0.279. The van der Waals surface area contributed by atoms with Crippen molar-refractivity contribution in [2.24, 2.45) is 11.8 Å². The molecule has 2 aliphatic carbocycles. The number of fused-ring (bicyclic) bond motifs is 1. The molecule has 0 aromatic heterocycles. The summed E-state index contributed by atoms with van der Waals surface area (Å²) in [4.78, 5) is 11.8. The number of esters is 1. The van der Waals surface area contributed by atoms with Gasteiger partial charge in [-0.25, -0.2) is 4.79 Å². The third kappa shape index (κ3) is 4.73. The van der Waals surface area contributed by atoms with Crippen LogP contribution >= 0.6 is 0 Å². The highest BCUT2D eigenvalue weighted by Crippen LogP contribution is 2.61. The summed E-state index contributed by atoms with van der Waals surface area (Å²) >= 11 is 0. The number of benzene rings is 1. The summed E-state index contributed by atoms with van der Waals surface area (Å²) in [7, 11) is 0. The average molecular weight is 439 g/mol. The van der Waals surface area contributed by atoms with Gasteiger partial charge < -0.3 is 9.47 Å². The molecule has 2 aliphatic rings. The number of rotatable bonds is 8. The van der Waals surface area contributed by atoms with Crippen molar-refractivity contribution in [2.45, 2.75) is 84.5 Å². The van der Waals surface area contributed by atoms with Crippen molar-refractivity contribution in [3.8, 4) is 0 Å². The molecule has 0 unspecified atom stereocenters. The standard InChI is InChI=1S/C29H42O3/c1-9-31-19-25-23(13-11-20(3)17-26(30)32-10-2)29(25,8)21-12-14-22-24(18-21)28(6,7)16-15-27(22,4)5/h11-14,17-18,23,25H,9-10,15-16,19H2,1-8H3/b13-11+,20-17+/t23-,25-,29+/m1/s1. The molecule has 0 amide bonds. The number of carbonyl (C=O) groups excluding carboxylic acids is 1. The van der Waals surface area contributed by atoms with Crippen LogP contribution in [-0.2, 0) is 30.5 Å². The zero-order valence-corrected chi connectivity index (χ0v) is 21.4. The third-order valence-electron chi connectivity index (χ3n) is 7.96. The minimum absolute atomic E-state index is 0.0442. The van der Waals surface area contributed by atoms with E-state index in [9.17, 15) is 4.79 Å². The van der Waals surface area contributed by atoms with Crippen molar-refractivity contribution >= 4 is 5.97 Å². The molecule has 0 heterocycles. The lowest BCUT2D eigenvalue weighted by atomic mass is 9.62. The van der Waals surface area contributed by atoms with Crippen molar-refractivity contribution in [2.75, 3.05) is 19.8 Å². The van der Waals surface area contributed by atoms with Crippen LogP contribution in [0.4, 0.5) is 0 Å². The summed E-state index contributed by atoms with van der Waals surface area (Å²) in [6.45, 7) is 19.6. The molecule has 0 N–H and O–H groups in total. The van der Waals surface area contributed by atoms with Crippen molar-refractivity contribution < 1.29 is 14.3 Å². The van der Waals surface area contributed by atoms with Crippen molar-refractivity contribution in [3.05, 3.63) is 58.7 Å². The Balaban J connectivity index is 1.92. The smallest absolute Gasteiger partial charge is 0.330 e. The van der Waals surface area contributed by atoms with Gasteiger partial charge in [-0.2, -0.15) is 0 Å². The first-order valence-corrected chi connectivity index (χ1v) is 12.2. The van der Waals surface area contributed by atoms with Gasteiger partial charge in [-0.1, -0.05) is 65.0 Å². The Hall–Kier alpha value is -1.87. The molecule has 0 saturated heterocycles. The highest BCUT2D eigenvalue weighted by Gasteiger charge is 2.60. The maximum absolute atomic E-state index is 11.8. The van der Waals surface area contributed by atoms with E-state index in [-0.39, 0.29) is 22.2 Å². The normalized spacial score (nSPS) is 28.4. The molecule has 1 saturated carbocycles. The van der Waals surface area contributed by atoms with Crippen LogP contribution in [0.15, 0.2) is 42.0 Å². The van der Waals surface area contributed by atoms with Gasteiger partial charge in [0.1, 0.15) is 0 Å². The first-order valence-electron chi connectivity index (χ1n) is 12.2. The number of allylic oxidation sites excluding steroid dienone is 3. The van der Waals surface area contributed by atoms with Gasteiger partial charge in [0, 0.05) is 18.1 Å². The topological polar surface area (TPSA) is 35.5 Å². The Morgan fingerprint density at radius 1 is 1.03 bits per heavy atom. The van der Waals surface area contributed by atoms with Crippen LogP contribution in [0.2, 0.25) is 0 Å². The maximum atomic E-state index is 11.8.